The summed E-state index contributed by atoms with van der Waals surface area (Å²) in [6, 6.07) is 9.99. The third kappa shape index (κ3) is 4.19. The van der Waals surface area contributed by atoms with Gasteiger partial charge in [-0.3, -0.25) is 0 Å². The van der Waals surface area contributed by atoms with Gasteiger partial charge in [-0.2, -0.15) is 0 Å². The molecule has 2 amide bonds. The molecule has 3 nitrogen and oxygen atoms in total. The molecule has 2 aromatic carbocycles. The van der Waals surface area contributed by atoms with E-state index in [-0.39, 0.29) is 12.1 Å². The standard InChI is InChI=1S/C15H14F2N2OS/c1-21-14-5-3-2-4-13(14)19-15(20)18-9-10-8-11(16)6-7-12(10)17/h2-8H,9H2,1H3,(H2,18,19,20). The topological polar surface area (TPSA) is 41.1 Å². The number of carbonyl (C=O) groups is 1. The highest BCUT2D eigenvalue weighted by Crippen LogP contribution is 2.24. The summed E-state index contributed by atoms with van der Waals surface area (Å²) in [5.74, 6) is -1.09. The molecule has 0 aromatic heterocycles. The van der Waals surface area contributed by atoms with Crippen molar-refractivity contribution in [1.82, 2.24) is 5.32 Å². The van der Waals surface area contributed by atoms with Crippen LogP contribution in [-0.2, 0) is 6.54 Å². The van der Waals surface area contributed by atoms with Gasteiger partial charge in [0.1, 0.15) is 11.6 Å². The Labute approximate surface area is 125 Å². The summed E-state index contributed by atoms with van der Waals surface area (Å²) in [6.07, 6.45) is 1.90. The molecule has 110 valence electrons. The monoisotopic (exact) mass is 308 g/mol. The van der Waals surface area contributed by atoms with Crippen LogP contribution < -0.4 is 10.6 Å². The van der Waals surface area contributed by atoms with E-state index in [0.717, 1.165) is 23.1 Å². The molecule has 0 aliphatic carbocycles. The van der Waals surface area contributed by atoms with Crippen molar-refractivity contribution in [2.45, 2.75) is 11.4 Å². The van der Waals surface area contributed by atoms with Crippen LogP contribution in [0.5, 0.6) is 0 Å². The zero-order valence-corrected chi connectivity index (χ0v) is 12.1. The minimum absolute atomic E-state index is 0.0864. The summed E-state index contributed by atoms with van der Waals surface area (Å²) in [6.45, 7) is -0.0864. The minimum Gasteiger partial charge on any atom is -0.334 e. The number of benzene rings is 2. The molecule has 6 heteroatoms. The van der Waals surface area contributed by atoms with Gasteiger partial charge in [0.15, 0.2) is 0 Å². The molecule has 0 heterocycles. The Kier molecular flexibility index (Phi) is 5.16. The maximum absolute atomic E-state index is 13.4. The lowest BCUT2D eigenvalue weighted by molar-refractivity contribution is 0.251. The zero-order chi connectivity index (χ0) is 15.2. The van der Waals surface area contributed by atoms with Crippen molar-refractivity contribution in [3.8, 4) is 0 Å². The van der Waals surface area contributed by atoms with Gasteiger partial charge in [0.25, 0.3) is 0 Å². The third-order valence-electron chi connectivity index (χ3n) is 2.80. The number of carbonyl (C=O) groups excluding carboxylic acids is 1. The summed E-state index contributed by atoms with van der Waals surface area (Å²) in [7, 11) is 0. The van der Waals surface area contributed by atoms with Crippen LogP contribution in [0.15, 0.2) is 47.4 Å². The van der Waals surface area contributed by atoms with Crippen molar-refractivity contribution in [3.63, 3.8) is 0 Å². The lowest BCUT2D eigenvalue weighted by Gasteiger charge is -2.11. The van der Waals surface area contributed by atoms with Gasteiger partial charge in [-0.15, -0.1) is 11.8 Å². The van der Waals surface area contributed by atoms with Crippen LogP contribution in [0.25, 0.3) is 0 Å². The molecule has 2 N–H and O–H groups in total. The lowest BCUT2D eigenvalue weighted by Crippen LogP contribution is -2.28. The highest BCUT2D eigenvalue weighted by molar-refractivity contribution is 7.98. The number of thioether (sulfide) groups is 1. The van der Waals surface area contributed by atoms with Crippen LogP contribution >= 0.6 is 11.8 Å². The zero-order valence-electron chi connectivity index (χ0n) is 11.3. The molecule has 0 unspecified atom stereocenters. The van der Waals surface area contributed by atoms with E-state index in [2.05, 4.69) is 10.6 Å². The van der Waals surface area contributed by atoms with Crippen LogP contribution in [0, 0.1) is 11.6 Å². The Morgan fingerprint density at radius 2 is 1.95 bits per heavy atom. The van der Waals surface area contributed by atoms with Crippen LogP contribution in [0.2, 0.25) is 0 Å². The summed E-state index contributed by atoms with van der Waals surface area (Å²) >= 11 is 1.50. The molecule has 21 heavy (non-hydrogen) atoms. The molecule has 0 aliphatic heterocycles. The average molecular weight is 308 g/mol. The molecule has 0 atom stereocenters. The Morgan fingerprint density at radius 1 is 1.19 bits per heavy atom. The fraction of sp³-hybridized carbons (Fsp3) is 0.133. The van der Waals surface area contributed by atoms with E-state index in [1.54, 1.807) is 6.07 Å². The molecular weight excluding hydrogens is 294 g/mol. The van der Waals surface area contributed by atoms with Crippen molar-refractivity contribution >= 4 is 23.5 Å². The molecule has 0 saturated carbocycles. The summed E-state index contributed by atoms with van der Waals surface area (Å²) in [4.78, 5) is 12.7. The fourth-order valence-electron chi connectivity index (χ4n) is 1.77. The predicted octanol–water partition coefficient (Wildman–Crippen LogP) is 4.01. The molecule has 0 aliphatic rings. The van der Waals surface area contributed by atoms with E-state index in [9.17, 15) is 13.6 Å². The molecule has 2 aromatic rings. The van der Waals surface area contributed by atoms with Crippen LogP contribution in [0.1, 0.15) is 5.56 Å². The van der Waals surface area contributed by atoms with Gasteiger partial charge >= 0.3 is 6.03 Å². The number of para-hydroxylation sites is 1. The Morgan fingerprint density at radius 3 is 2.71 bits per heavy atom. The van der Waals surface area contributed by atoms with E-state index in [4.69, 9.17) is 0 Å². The Bertz CT molecular complexity index is 649. The van der Waals surface area contributed by atoms with Crippen molar-refractivity contribution in [2.24, 2.45) is 0 Å². The van der Waals surface area contributed by atoms with Gasteiger partial charge in [0.05, 0.1) is 5.69 Å². The number of anilines is 1. The summed E-state index contributed by atoms with van der Waals surface area (Å²) in [5, 5.41) is 5.18. The van der Waals surface area contributed by atoms with Crippen molar-refractivity contribution in [3.05, 3.63) is 59.7 Å². The molecule has 0 fully saturated rings. The fourth-order valence-corrected chi connectivity index (χ4v) is 2.32. The quantitative estimate of drug-likeness (QED) is 0.838. The first-order valence-corrected chi connectivity index (χ1v) is 7.44. The first kappa shape index (κ1) is 15.3. The Balaban J connectivity index is 1.97. The van der Waals surface area contributed by atoms with Gasteiger partial charge in [-0.1, -0.05) is 12.1 Å². The van der Waals surface area contributed by atoms with Crippen molar-refractivity contribution in [2.75, 3.05) is 11.6 Å². The molecule has 0 radical (unpaired) electrons. The number of amides is 2. The van der Waals surface area contributed by atoms with E-state index in [0.29, 0.717) is 5.69 Å². The van der Waals surface area contributed by atoms with E-state index in [1.807, 2.05) is 24.5 Å². The molecule has 0 spiro atoms. The third-order valence-corrected chi connectivity index (χ3v) is 3.60. The van der Waals surface area contributed by atoms with Gasteiger partial charge < -0.3 is 10.6 Å². The first-order chi connectivity index (χ1) is 10.1. The average Bonchev–Trinajstić information content (AvgIpc) is 2.49. The second-order valence-electron chi connectivity index (χ2n) is 4.24. The van der Waals surface area contributed by atoms with Crippen molar-refractivity contribution < 1.29 is 13.6 Å². The van der Waals surface area contributed by atoms with Gasteiger partial charge in [0, 0.05) is 17.0 Å². The second kappa shape index (κ2) is 7.08. The molecular formula is C15H14F2N2OS. The smallest absolute Gasteiger partial charge is 0.319 e. The highest BCUT2D eigenvalue weighted by atomic mass is 32.2. The Hall–Kier alpha value is -2.08. The molecule has 0 bridgehead atoms. The van der Waals surface area contributed by atoms with Crippen molar-refractivity contribution in [1.29, 1.82) is 0 Å². The summed E-state index contributed by atoms with van der Waals surface area (Å²) < 4.78 is 26.4. The molecule has 0 saturated heterocycles. The van der Waals surface area contributed by atoms with Crippen LogP contribution in [0.4, 0.5) is 19.3 Å². The summed E-state index contributed by atoms with van der Waals surface area (Å²) in [5.41, 5.74) is 0.769. The van der Waals surface area contributed by atoms with Gasteiger partial charge in [0.2, 0.25) is 0 Å². The van der Waals surface area contributed by atoms with Crippen LogP contribution in [-0.4, -0.2) is 12.3 Å². The largest absolute Gasteiger partial charge is 0.334 e. The van der Waals surface area contributed by atoms with E-state index < -0.39 is 17.7 Å². The van der Waals surface area contributed by atoms with Crippen LogP contribution in [0.3, 0.4) is 0 Å². The maximum Gasteiger partial charge on any atom is 0.319 e. The number of nitrogens with one attached hydrogen (secondary N) is 2. The van der Waals surface area contributed by atoms with Gasteiger partial charge in [-0.25, -0.2) is 13.6 Å². The van der Waals surface area contributed by atoms with Gasteiger partial charge in [-0.05, 0) is 36.6 Å². The normalized spacial score (nSPS) is 10.2. The number of urea groups is 1. The minimum atomic E-state index is -0.554. The molecule has 2 rings (SSSR count). The second-order valence-corrected chi connectivity index (χ2v) is 5.09. The number of halogens is 2. The lowest BCUT2D eigenvalue weighted by atomic mass is 10.2. The number of hydrogen-bond acceptors (Lipinski definition) is 2. The number of rotatable bonds is 4. The predicted molar refractivity (Wildman–Crippen MR) is 80.4 cm³/mol. The highest BCUT2D eigenvalue weighted by Gasteiger charge is 2.08. The van der Waals surface area contributed by atoms with E-state index >= 15 is 0 Å². The first-order valence-electron chi connectivity index (χ1n) is 6.22. The number of hydrogen-bond donors (Lipinski definition) is 2. The SMILES string of the molecule is CSc1ccccc1NC(=O)NCc1cc(F)ccc1F. The maximum atomic E-state index is 13.4. The van der Waals surface area contributed by atoms with E-state index in [1.165, 1.54) is 11.8 Å².